The second kappa shape index (κ2) is 10.9. The Labute approximate surface area is 217 Å². The van der Waals surface area contributed by atoms with Crippen LogP contribution in [0.2, 0.25) is 10.0 Å². The van der Waals surface area contributed by atoms with Gasteiger partial charge in [0.1, 0.15) is 0 Å². The molecule has 2 saturated heterocycles. The van der Waals surface area contributed by atoms with Crippen molar-refractivity contribution < 1.29 is 19.4 Å². The second-order valence-corrected chi connectivity index (χ2v) is 11.0. The maximum absolute atomic E-state index is 14.3. The number of nitrogens with zero attached hydrogens (tertiary/aromatic N) is 1. The lowest BCUT2D eigenvalue weighted by Gasteiger charge is -2.53. The molecule has 5 nitrogen and oxygen atoms in total. The molecule has 2 fully saturated rings. The van der Waals surface area contributed by atoms with Crippen LogP contribution < -0.4 is 0 Å². The summed E-state index contributed by atoms with van der Waals surface area (Å²) in [4.78, 5) is 28.2. The van der Waals surface area contributed by atoms with E-state index in [0.29, 0.717) is 29.5 Å². The van der Waals surface area contributed by atoms with Gasteiger partial charge < -0.3 is 14.7 Å². The third kappa shape index (κ3) is 5.52. The van der Waals surface area contributed by atoms with Gasteiger partial charge in [-0.05, 0) is 67.5 Å². The first-order valence-electron chi connectivity index (χ1n) is 12.4. The summed E-state index contributed by atoms with van der Waals surface area (Å²) in [6.07, 6.45) is 3.76. The minimum absolute atomic E-state index is 0.0836. The lowest BCUT2D eigenvalue weighted by Crippen LogP contribution is -2.59. The first-order valence-corrected chi connectivity index (χ1v) is 13.2. The van der Waals surface area contributed by atoms with Gasteiger partial charge in [-0.3, -0.25) is 9.59 Å². The van der Waals surface area contributed by atoms with Gasteiger partial charge in [-0.15, -0.1) is 0 Å². The summed E-state index contributed by atoms with van der Waals surface area (Å²) in [7, 11) is 0. The van der Waals surface area contributed by atoms with E-state index in [-0.39, 0.29) is 36.4 Å². The van der Waals surface area contributed by atoms with E-state index in [1.165, 1.54) is 0 Å². The molecule has 2 aliphatic heterocycles. The van der Waals surface area contributed by atoms with Crippen LogP contribution in [-0.2, 0) is 14.3 Å². The van der Waals surface area contributed by atoms with Gasteiger partial charge in [0, 0.05) is 22.6 Å². The lowest BCUT2D eigenvalue weighted by molar-refractivity contribution is -0.166. The molecule has 5 atom stereocenters. The van der Waals surface area contributed by atoms with Crippen molar-refractivity contribution in [2.24, 2.45) is 5.41 Å². The summed E-state index contributed by atoms with van der Waals surface area (Å²) in [5, 5.41) is 11.0. The molecule has 0 radical (unpaired) electrons. The molecule has 2 aromatic rings. The Morgan fingerprint density at radius 1 is 1.14 bits per heavy atom. The maximum atomic E-state index is 14.3. The van der Waals surface area contributed by atoms with Crippen LogP contribution in [0, 0.1) is 5.41 Å². The summed E-state index contributed by atoms with van der Waals surface area (Å²) in [5.41, 5.74) is 0.912. The van der Waals surface area contributed by atoms with E-state index < -0.39 is 11.4 Å². The van der Waals surface area contributed by atoms with Gasteiger partial charge in [0.05, 0.1) is 30.0 Å². The fraction of sp³-hybridized carbons (Fsp3) is 0.500. The van der Waals surface area contributed by atoms with E-state index in [9.17, 15) is 14.7 Å². The van der Waals surface area contributed by atoms with Crippen molar-refractivity contribution in [1.29, 1.82) is 0 Å². The Morgan fingerprint density at radius 2 is 1.89 bits per heavy atom. The van der Waals surface area contributed by atoms with Gasteiger partial charge in [-0.2, -0.15) is 0 Å². The highest BCUT2D eigenvalue weighted by atomic mass is 35.5. The highest BCUT2D eigenvalue weighted by Crippen LogP contribution is 2.52. The molecular weight excluding hydrogens is 485 g/mol. The number of rotatable bonds is 7. The molecule has 35 heavy (non-hydrogen) atoms. The predicted octanol–water partition coefficient (Wildman–Crippen LogP) is 6.88. The Kier molecular flexibility index (Phi) is 8.09. The highest BCUT2D eigenvalue weighted by molar-refractivity contribution is 6.30. The minimum Gasteiger partial charge on any atom is -0.481 e. The van der Waals surface area contributed by atoms with Gasteiger partial charge in [-0.1, -0.05) is 61.3 Å². The number of carboxylic acids is 1. The lowest BCUT2D eigenvalue weighted by atomic mass is 9.66. The Morgan fingerprint density at radius 3 is 2.49 bits per heavy atom. The predicted molar refractivity (Wildman–Crippen MR) is 138 cm³/mol. The molecule has 0 bridgehead atoms. The molecule has 1 amide bonds. The van der Waals surface area contributed by atoms with Crippen molar-refractivity contribution in [1.82, 2.24) is 4.90 Å². The van der Waals surface area contributed by atoms with E-state index in [1.807, 2.05) is 53.4 Å². The number of benzene rings is 2. The maximum Gasteiger partial charge on any atom is 0.304 e. The fourth-order valence-electron chi connectivity index (χ4n) is 5.95. The van der Waals surface area contributed by atoms with Crippen LogP contribution in [0.4, 0.5) is 0 Å². The van der Waals surface area contributed by atoms with Crippen molar-refractivity contribution in [3.8, 4) is 0 Å². The first kappa shape index (κ1) is 26.0. The summed E-state index contributed by atoms with van der Waals surface area (Å²) in [5.74, 6) is -1.24. The van der Waals surface area contributed by atoms with Gasteiger partial charge in [-0.25, -0.2) is 0 Å². The van der Waals surface area contributed by atoms with Crippen LogP contribution in [0.1, 0.15) is 75.5 Å². The van der Waals surface area contributed by atoms with Crippen molar-refractivity contribution in [3.05, 3.63) is 69.7 Å². The largest absolute Gasteiger partial charge is 0.481 e. The molecule has 0 aliphatic carbocycles. The number of carbonyl (C=O) groups excluding carboxylic acids is 1. The SMILES string of the molecule is CC[C@@H](C1CCCCO1)N1C(=O)[C@](C)(CC(=O)O)C[C@H](c2cccc(Cl)c2)[C@H]1c1ccc(Cl)cc1. The molecule has 0 spiro atoms. The molecule has 1 unspecified atom stereocenters. The minimum atomic E-state index is -1.05. The van der Waals surface area contributed by atoms with Gasteiger partial charge in [0.15, 0.2) is 0 Å². The van der Waals surface area contributed by atoms with Gasteiger partial charge in [0.25, 0.3) is 0 Å². The van der Waals surface area contributed by atoms with Crippen LogP contribution in [0.15, 0.2) is 48.5 Å². The molecule has 2 heterocycles. The number of carbonyl (C=O) groups is 2. The summed E-state index contributed by atoms with van der Waals surface area (Å²) in [6, 6.07) is 14.9. The number of halogens is 2. The van der Waals surface area contributed by atoms with Crippen LogP contribution >= 0.6 is 23.2 Å². The third-order valence-electron chi connectivity index (χ3n) is 7.55. The van der Waals surface area contributed by atoms with Crippen LogP contribution in [0.25, 0.3) is 0 Å². The first-order chi connectivity index (χ1) is 16.7. The van der Waals surface area contributed by atoms with Crippen molar-refractivity contribution in [2.45, 2.75) is 76.5 Å². The van der Waals surface area contributed by atoms with Crippen LogP contribution in [-0.4, -0.2) is 40.6 Å². The van der Waals surface area contributed by atoms with E-state index in [2.05, 4.69) is 6.92 Å². The van der Waals surface area contributed by atoms with E-state index in [1.54, 1.807) is 6.92 Å². The monoisotopic (exact) mass is 517 g/mol. The molecule has 2 aliphatic rings. The number of hydrogen-bond donors (Lipinski definition) is 1. The standard InChI is InChI=1S/C28H33Cl2NO4/c1-3-23(24-9-4-5-14-35-24)31-26(18-10-12-20(29)13-11-18)22(19-7-6-8-21(30)15-19)16-28(2,27(31)34)17-25(32)33/h6-8,10-13,15,22-24,26H,3-5,9,14,16-17H2,1-2H3,(H,32,33)/t22-,23+,24?,26-,28+/m1/s1. The zero-order valence-corrected chi connectivity index (χ0v) is 21.8. The highest BCUT2D eigenvalue weighted by Gasteiger charge is 2.53. The topological polar surface area (TPSA) is 66.8 Å². The number of aliphatic carboxylic acids is 1. The third-order valence-corrected chi connectivity index (χ3v) is 8.04. The van der Waals surface area contributed by atoms with E-state index in [4.69, 9.17) is 27.9 Å². The molecule has 7 heteroatoms. The number of ether oxygens (including phenoxy) is 1. The average molecular weight is 518 g/mol. The normalized spacial score (nSPS) is 28.1. The van der Waals surface area contributed by atoms with Crippen molar-refractivity contribution in [2.75, 3.05) is 6.61 Å². The second-order valence-electron chi connectivity index (χ2n) is 10.1. The molecule has 2 aromatic carbocycles. The van der Waals surface area contributed by atoms with Crippen molar-refractivity contribution in [3.63, 3.8) is 0 Å². The number of carboxylic acid groups (broad SMARTS) is 1. The Hall–Kier alpha value is -2.08. The Bertz CT molecular complexity index is 1050. The van der Waals surface area contributed by atoms with E-state index in [0.717, 1.165) is 30.4 Å². The summed E-state index contributed by atoms with van der Waals surface area (Å²) in [6.45, 7) is 4.55. The van der Waals surface area contributed by atoms with Gasteiger partial charge >= 0.3 is 5.97 Å². The average Bonchev–Trinajstić information content (AvgIpc) is 2.83. The smallest absolute Gasteiger partial charge is 0.304 e. The Balaban J connectivity index is 1.89. The molecule has 0 aromatic heterocycles. The van der Waals surface area contributed by atoms with Gasteiger partial charge in [0.2, 0.25) is 5.91 Å². The number of hydrogen-bond acceptors (Lipinski definition) is 3. The number of piperidine rings is 1. The molecular formula is C28H33Cl2NO4. The van der Waals surface area contributed by atoms with E-state index >= 15 is 0 Å². The number of likely N-dealkylation sites (tertiary alicyclic amines) is 1. The number of amides is 1. The molecule has 4 rings (SSSR count). The quantitative estimate of drug-likeness (QED) is 0.434. The summed E-state index contributed by atoms with van der Waals surface area (Å²) < 4.78 is 6.19. The van der Waals surface area contributed by atoms with Crippen LogP contribution in [0.3, 0.4) is 0 Å². The summed E-state index contributed by atoms with van der Waals surface area (Å²) >= 11 is 12.6. The fourth-order valence-corrected chi connectivity index (χ4v) is 6.28. The zero-order chi connectivity index (χ0) is 25.2. The molecule has 0 saturated carbocycles. The zero-order valence-electron chi connectivity index (χ0n) is 20.3. The van der Waals surface area contributed by atoms with Crippen LogP contribution in [0.5, 0.6) is 0 Å². The molecule has 1 N–H and O–H groups in total. The molecule has 188 valence electrons. The van der Waals surface area contributed by atoms with Crippen molar-refractivity contribution >= 4 is 35.1 Å².